The molecule has 128 valence electrons. The molecule has 0 radical (unpaired) electrons. The number of fused-ring (bicyclic) bond motifs is 6. The van der Waals surface area contributed by atoms with Crippen molar-refractivity contribution < 1.29 is 4.42 Å². The first-order chi connectivity index (χ1) is 13.3. The van der Waals surface area contributed by atoms with E-state index in [1.165, 1.54) is 32.8 Å². The van der Waals surface area contributed by atoms with Crippen LogP contribution in [0.25, 0.3) is 49.4 Å². The Bertz CT molecular complexity index is 1430. The zero-order chi connectivity index (χ0) is 18.0. The molecule has 0 aliphatic rings. The van der Waals surface area contributed by atoms with Gasteiger partial charge in [0.2, 0.25) is 0 Å². The van der Waals surface area contributed by atoms with Gasteiger partial charge in [0.25, 0.3) is 0 Å². The van der Waals surface area contributed by atoms with Gasteiger partial charge in [-0.1, -0.05) is 60.2 Å². The Morgan fingerprint density at radius 3 is 2.04 bits per heavy atom. The largest absolute Gasteiger partial charge is 0.454 e. The molecule has 0 saturated heterocycles. The monoisotopic (exact) mass is 347 g/mol. The number of hydrogen-bond donors (Lipinski definition) is 0. The molecule has 0 aliphatic carbocycles. The van der Waals surface area contributed by atoms with Gasteiger partial charge in [-0.2, -0.15) is 0 Å². The number of para-hydroxylation sites is 3. The van der Waals surface area contributed by atoms with Crippen molar-refractivity contribution in [3.8, 4) is 5.69 Å². The van der Waals surface area contributed by atoms with Crippen molar-refractivity contribution in [3.05, 3.63) is 90.5 Å². The normalized spacial score (nSPS) is 11.9. The van der Waals surface area contributed by atoms with E-state index in [-0.39, 0.29) is 0 Å². The molecule has 2 nitrogen and oxygen atoms in total. The number of aryl methyl sites for hydroxylation is 1. The van der Waals surface area contributed by atoms with Crippen molar-refractivity contribution in [2.75, 3.05) is 0 Å². The highest BCUT2D eigenvalue weighted by Gasteiger charge is 2.16. The van der Waals surface area contributed by atoms with Crippen LogP contribution in [-0.4, -0.2) is 4.57 Å². The maximum absolute atomic E-state index is 6.34. The van der Waals surface area contributed by atoms with Gasteiger partial charge in [0.05, 0.1) is 16.7 Å². The number of furan rings is 1. The fourth-order valence-electron chi connectivity index (χ4n) is 4.26. The highest BCUT2D eigenvalue weighted by molar-refractivity contribution is 6.12. The van der Waals surface area contributed by atoms with Crippen LogP contribution in [-0.2, 0) is 0 Å². The molecule has 0 aliphatic heterocycles. The van der Waals surface area contributed by atoms with Crippen molar-refractivity contribution in [2.24, 2.45) is 0 Å². The standard InChI is InChI=1S/C25H17NO/c1-16-13-14-24-20(15-16)19-9-6-12-23(25(19)27-24)26-21-10-4-2-7-17(21)18-8-3-5-11-22(18)26/h2-15H,1H3. The summed E-state index contributed by atoms with van der Waals surface area (Å²) in [5.41, 5.74) is 6.59. The third kappa shape index (κ3) is 1.95. The van der Waals surface area contributed by atoms with E-state index in [9.17, 15) is 0 Å². The van der Waals surface area contributed by atoms with Gasteiger partial charge in [-0.25, -0.2) is 0 Å². The second kappa shape index (κ2) is 5.24. The van der Waals surface area contributed by atoms with Crippen LogP contribution in [0.2, 0.25) is 0 Å². The van der Waals surface area contributed by atoms with Crippen molar-refractivity contribution in [1.82, 2.24) is 4.57 Å². The summed E-state index contributed by atoms with van der Waals surface area (Å²) in [5, 5.41) is 4.86. The Balaban J connectivity index is 1.82. The molecule has 2 heterocycles. The predicted molar refractivity (Wildman–Crippen MR) is 113 cm³/mol. The average molecular weight is 347 g/mol. The first-order valence-corrected chi connectivity index (χ1v) is 9.22. The molecule has 0 bridgehead atoms. The molecule has 0 unspecified atom stereocenters. The number of benzene rings is 4. The topological polar surface area (TPSA) is 18.1 Å². The molecule has 0 spiro atoms. The van der Waals surface area contributed by atoms with Crippen LogP contribution in [0, 0.1) is 6.92 Å². The molecule has 6 rings (SSSR count). The summed E-state index contributed by atoms with van der Waals surface area (Å²) in [5.74, 6) is 0. The molecule has 0 N–H and O–H groups in total. The minimum absolute atomic E-state index is 0.934. The first-order valence-electron chi connectivity index (χ1n) is 9.22. The van der Waals surface area contributed by atoms with Gasteiger partial charge in [-0.05, 0) is 37.3 Å². The predicted octanol–water partition coefficient (Wildman–Crippen LogP) is 6.99. The Morgan fingerprint density at radius 2 is 1.30 bits per heavy atom. The van der Waals surface area contributed by atoms with E-state index in [1.54, 1.807) is 0 Å². The van der Waals surface area contributed by atoms with Gasteiger partial charge in [0, 0.05) is 21.5 Å². The molecule has 2 aromatic heterocycles. The van der Waals surface area contributed by atoms with Gasteiger partial charge in [0.1, 0.15) is 5.58 Å². The van der Waals surface area contributed by atoms with Crippen molar-refractivity contribution >= 4 is 43.7 Å². The van der Waals surface area contributed by atoms with Crippen LogP contribution >= 0.6 is 0 Å². The van der Waals surface area contributed by atoms with Gasteiger partial charge in [0.15, 0.2) is 5.58 Å². The van der Waals surface area contributed by atoms with E-state index in [4.69, 9.17) is 4.42 Å². The maximum Gasteiger partial charge on any atom is 0.159 e. The second-order valence-corrected chi connectivity index (χ2v) is 7.13. The lowest BCUT2D eigenvalue weighted by atomic mass is 10.1. The van der Waals surface area contributed by atoms with Crippen molar-refractivity contribution in [1.29, 1.82) is 0 Å². The first kappa shape index (κ1) is 14.6. The molecular weight excluding hydrogens is 330 g/mol. The number of rotatable bonds is 1. The third-order valence-electron chi connectivity index (χ3n) is 5.45. The smallest absolute Gasteiger partial charge is 0.159 e. The van der Waals surface area contributed by atoms with Crippen LogP contribution in [0.1, 0.15) is 5.56 Å². The number of aromatic nitrogens is 1. The van der Waals surface area contributed by atoms with E-state index in [0.717, 1.165) is 22.2 Å². The van der Waals surface area contributed by atoms with Gasteiger partial charge < -0.3 is 8.98 Å². The Labute approximate surface area is 156 Å². The van der Waals surface area contributed by atoms with Gasteiger partial charge >= 0.3 is 0 Å². The van der Waals surface area contributed by atoms with Crippen LogP contribution in [0.15, 0.2) is 89.3 Å². The highest BCUT2D eigenvalue weighted by Crippen LogP contribution is 2.37. The molecular formula is C25H17NO. The van der Waals surface area contributed by atoms with E-state index in [1.807, 2.05) is 0 Å². The van der Waals surface area contributed by atoms with E-state index in [2.05, 4.69) is 96.4 Å². The Kier molecular flexibility index (Phi) is 2.84. The second-order valence-electron chi connectivity index (χ2n) is 7.13. The van der Waals surface area contributed by atoms with Crippen LogP contribution in [0.4, 0.5) is 0 Å². The number of nitrogens with zero attached hydrogens (tertiary/aromatic N) is 1. The maximum atomic E-state index is 6.34. The molecule has 27 heavy (non-hydrogen) atoms. The molecule has 0 saturated carbocycles. The fourth-order valence-corrected chi connectivity index (χ4v) is 4.26. The van der Waals surface area contributed by atoms with Gasteiger partial charge in [-0.15, -0.1) is 0 Å². The molecule has 0 amide bonds. The number of hydrogen-bond acceptors (Lipinski definition) is 1. The van der Waals surface area contributed by atoms with Gasteiger partial charge in [-0.3, -0.25) is 0 Å². The van der Waals surface area contributed by atoms with E-state index < -0.39 is 0 Å². The summed E-state index contributed by atoms with van der Waals surface area (Å²) in [6.07, 6.45) is 0. The zero-order valence-electron chi connectivity index (χ0n) is 14.9. The summed E-state index contributed by atoms with van der Waals surface area (Å²) in [6, 6.07) is 29.9. The van der Waals surface area contributed by atoms with Crippen LogP contribution in [0.3, 0.4) is 0 Å². The summed E-state index contributed by atoms with van der Waals surface area (Å²) in [4.78, 5) is 0. The molecule has 6 aromatic rings. The van der Waals surface area contributed by atoms with E-state index in [0.29, 0.717) is 0 Å². The fraction of sp³-hybridized carbons (Fsp3) is 0.0400. The minimum Gasteiger partial charge on any atom is -0.454 e. The zero-order valence-corrected chi connectivity index (χ0v) is 14.9. The van der Waals surface area contributed by atoms with Crippen LogP contribution < -0.4 is 0 Å². The lowest BCUT2D eigenvalue weighted by Crippen LogP contribution is -1.93. The quantitative estimate of drug-likeness (QED) is 0.313. The average Bonchev–Trinajstić information content (AvgIpc) is 3.24. The molecule has 0 atom stereocenters. The Hall–Kier alpha value is -3.52. The third-order valence-corrected chi connectivity index (χ3v) is 5.45. The summed E-state index contributed by atoms with van der Waals surface area (Å²) >= 11 is 0. The van der Waals surface area contributed by atoms with Crippen molar-refractivity contribution in [2.45, 2.75) is 6.92 Å². The summed E-state index contributed by atoms with van der Waals surface area (Å²) in [7, 11) is 0. The lowest BCUT2D eigenvalue weighted by molar-refractivity contribution is 0.666. The van der Waals surface area contributed by atoms with Crippen molar-refractivity contribution in [3.63, 3.8) is 0 Å². The Morgan fingerprint density at radius 1 is 0.630 bits per heavy atom. The lowest BCUT2D eigenvalue weighted by Gasteiger charge is -2.08. The SMILES string of the molecule is Cc1ccc2oc3c(-n4c5ccccc5c5ccccc54)cccc3c2c1. The van der Waals surface area contributed by atoms with Crippen LogP contribution in [0.5, 0.6) is 0 Å². The van der Waals surface area contributed by atoms with E-state index >= 15 is 0 Å². The molecule has 4 aromatic carbocycles. The summed E-state index contributed by atoms with van der Waals surface area (Å²) in [6.45, 7) is 2.12. The molecule has 2 heteroatoms. The molecule has 0 fully saturated rings. The minimum atomic E-state index is 0.934. The highest BCUT2D eigenvalue weighted by atomic mass is 16.3. The summed E-state index contributed by atoms with van der Waals surface area (Å²) < 4.78 is 8.66.